The van der Waals surface area contributed by atoms with Crippen LogP contribution in [0.25, 0.3) is 5.65 Å². The number of aryl methyl sites for hydroxylation is 1. The molecule has 1 N–H and O–H groups in total. The van der Waals surface area contributed by atoms with Gasteiger partial charge < -0.3 is 9.84 Å². The van der Waals surface area contributed by atoms with Crippen LogP contribution in [-0.2, 0) is 0 Å². The summed E-state index contributed by atoms with van der Waals surface area (Å²) in [7, 11) is 1.39. The molecule has 2 aromatic rings. The molecule has 6 nitrogen and oxygen atoms in total. The van der Waals surface area contributed by atoms with E-state index in [4.69, 9.17) is 9.84 Å². The van der Waals surface area contributed by atoms with Gasteiger partial charge in [0.25, 0.3) is 0 Å². The quantitative estimate of drug-likeness (QED) is 0.905. The molecule has 0 fully saturated rings. The van der Waals surface area contributed by atoms with Crippen molar-refractivity contribution >= 4 is 27.5 Å². The Morgan fingerprint density at radius 1 is 1.62 bits per heavy atom. The van der Waals surface area contributed by atoms with Gasteiger partial charge in [-0.15, -0.1) is 0 Å². The highest BCUT2D eigenvalue weighted by atomic mass is 79.9. The van der Waals surface area contributed by atoms with Gasteiger partial charge in [0.15, 0.2) is 5.65 Å². The number of carbonyl (C=O) groups is 1. The first-order valence-corrected chi connectivity index (χ1v) is 5.16. The third-order valence-corrected chi connectivity index (χ3v) is 3.06. The predicted molar refractivity (Wildman–Crippen MR) is 58.9 cm³/mol. The number of aromatic nitrogens is 3. The average Bonchev–Trinajstić information content (AvgIpc) is 2.54. The molecule has 2 aromatic heterocycles. The molecule has 0 radical (unpaired) electrons. The molecule has 0 unspecified atom stereocenters. The van der Waals surface area contributed by atoms with E-state index in [9.17, 15) is 4.79 Å². The molecule has 0 spiro atoms. The van der Waals surface area contributed by atoms with Crippen LogP contribution in [0.15, 0.2) is 10.7 Å². The molecular formula is C9H8BrN3O3. The zero-order valence-electron chi connectivity index (χ0n) is 8.56. The molecule has 16 heavy (non-hydrogen) atoms. The van der Waals surface area contributed by atoms with Crippen molar-refractivity contribution in [3.8, 4) is 5.88 Å². The molecule has 0 bridgehead atoms. The molecule has 0 saturated heterocycles. The van der Waals surface area contributed by atoms with Crippen LogP contribution >= 0.6 is 15.9 Å². The Hall–Kier alpha value is -1.63. The summed E-state index contributed by atoms with van der Waals surface area (Å²) >= 11 is 3.33. The molecule has 0 aliphatic rings. The Bertz CT molecular complexity index is 579. The van der Waals surface area contributed by atoms with Gasteiger partial charge in [0.05, 0.1) is 17.3 Å². The van der Waals surface area contributed by atoms with E-state index in [1.807, 2.05) is 0 Å². The van der Waals surface area contributed by atoms with Gasteiger partial charge in [0.1, 0.15) is 5.56 Å². The summed E-state index contributed by atoms with van der Waals surface area (Å²) in [5.41, 5.74) is 1.22. The summed E-state index contributed by atoms with van der Waals surface area (Å²) in [6.45, 7) is 1.79. The molecule has 0 aromatic carbocycles. The van der Waals surface area contributed by atoms with Gasteiger partial charge in [0, 0.05) is 6.20 Å². The van der Waals surface area contributed by atoms with Crippen molar-refractivity contribution in [3.63, 3.8) is 0 Å². The van der Waals surface area contributed by atoms with E-state index in [1.54, 1.807) is 6.92 Å². The molecular weight excluding hydrogens is 278 g/mol. The number of carboxylic acids is 1. The molecule has 0 amide bonds. The number of carboxylic acid groups (broad SMARTS) is 1. The van der Waals surface area contributed by atoms with Crippen molar-refractivity contribution in [2.75, 3.05) is 7.11 Å². The number of ether oxygens (including phenoxy) is 1. The monoisotopic (exact) mass is 285 g/mol. The SMILES string of the molecule is COc1c(C(=O)O)cnc2c(Br)c(C)nn12. The lowest BCUT2D eigenvalue weighted by Gasteiger charge is -2.05. The number of rotatable bonds is 2. The van der Waals surface area contributed by atoms with Gasteiger partial charge in [-0.05, 0) is 22.9 Å². The van der Waals surface area contributed by atoms with E-state index < -0.39 is 5.97 Å². The Kier molecular flexibility index (Phi) is 2.55. The first-order chi connectivity index (χ1) is 7.56. The zero-order chi connectivity index (χ0) is 11.9. The lowest BCUT2D eigenvalue weighted by atomic mass is 10.3. The van der Waals surface area contributed by atoms with Crippen LogP contribution in [0.3, 0.4) is 0 Å². The summed E-state index contributed by atoms with van der Waals surface area (Å²) in [6.07, 6.45) is 1.25. The summed E-state index contributed by atoms with van der Waals surface area (Å²) < 4.78 is 7.14. The van der Waals surface area contributed by atoms with Gasteiger partial charge >= 0.3 is 5.97 Å². The first kappa shape index (κ1) is 10.9. The van der Waals surface area contributed by atoms with E-state index in [-0.39, 0.29) is 11.4 Å². The van der Waals surface area contributed by atoms with E-state index in [0.717, 1.165) is 4.47 Å². The van der Waals surface area contributed by atoms with E-state index >= 15 is 0 Å². The average molecular weight is 286 g/mol. The second kappa shape index (κ2) is 3.75. The van der Waals surface area contributed by atoms with Crippen LogP contribution < -0.4 is 4.74 Å². The number of methoxy groups -OCH3 is 1. The van der Waals surface area contributed by atoms with Gasteiger partial charge in [-0.3, -0.25) is 0 Å². The molecule has 2 rings (SSSR count). The second-order valence-corrected chi connectivity index (χ2v) is 3.91. The van der Waals surface area contributed by atoms with Crippen LogP contribution in [0.1, 0.15) is 16.1 Å². The fourth-order valence-corrected chi connectivity index (χ4v) is 1.74. The van der Waals surface area contributed by atoms with Crippen molar-refractivity contribution < 1.29 is 14.6 Å². The minimum Gasteiger partial charge on any atom is -0.480 e. The Balaban J connectivity index is 2.86. The summed E-state index contributed by atoms with van der Waals surface area (Å²) in [5.74, 6) is -0.943. The normalized spacial score (nSPS) is 10.7. The van der Waals surface area contributed by atoms with Crippen molar-refractivity contribution in [1.29, 1.82) is 0 Å². The van der Waals surface area contributed by atoms with E-state index in [0.29, 0.717) is 11.3 Å². The number of hydrogen-bond acceptors (Lipinski definition) is 4. The number of aromatic carboxylic acids is 1. The highest BCUT2D eigenvalue weighted by Crippen LogP contribution is 2.26. The topological polar surface area (TPSA) is 76.7 Å². The Morgan fingerprint density at radius 3 is 2.88 bits per heavy atom. The lowest BCUT2D eigenvalue weighted by Crippen LogP contribution is -2.07. The van der Waals surface area contributed by atoms with Gasteiger partial charge in [0.2, 0.25) is 5.88 Å². The van der Waals surface area contributed by atoms with Crippen LogP contribution in [0.5, 0.6) is 5.88 Å². The molecule has 7 heteroatoms. The van der Waals surface area contributed by atoms with Gasteiger partial charge in [-0.25, -0.2) is 9.78 Å². The molecule has 0 saturated carbocycles. The fraction of sp³-hybridized carbons (Fsp3) is 0.222. The molecule has 0 aliphatic carbocycles. The first-order valence-electron chi connectivity index (χ1n) is 4.37. The number of halogens is 1. The number of nitrogens with zero attached hydrogens (tertiary/aromatic N) is 3. The van der Waals surface area contributed by atoms with Crippen molar-refractivity contribution in [2.24, 2.45) is 0 Å². The summed E-state index contributed by atoms with van der Waals surface area (Å²) in [6, 6.07) is 0. The molecule has 2 heterocycles. The molecule has 0 atom stereocenters. The predicted octanol–water partition coefficient (Wildman–Crippen LogP) is 1.51. The van der Waals surface area contributed by atoms with Crippen molar-refractivity contribution in [3.05, 3.63) is 21.9 Å². The Labute approximate surface area is 99.0 Å². The molecule has 0 aliphatic heterocycles. The number of fused-ring (bicyclic) bond motifs is 1. The maximum absolute atomic E-state index is 10.9. The van der Waals surface area contributed by atoms with E-state index in [2.05, 4.69) is 26.0 Å². The third-order valence-electron chi connectivity index (χ3n) is 2.13. The third kappa shape index (κ3) is 1.44. The summed E-state index contributed by atoms with van der Waals surface area (Å²) in [5, 5.41) is 13.1. The maximum atomic E-state index is 10.9. The second-order valence-electron chi connectivity index (χ2n) is 3.12. The Morgan fingerprint density at radius 2 is 2.31 bits per heavy atom. The van der Waals surface area contributed by atoms with Crippen LogP contribution in [0.2, 0.25) is 0 Å². The highest BCUT2D eigenvalue weighted by Gasteiger charge is 2.19. The summed E-state index contributed by atoms with van der Waals surface area (Å²) in [4.78, 5) is 15.0. The highest BCUT2D eigenvalue weighted by molar-refractivity contribution is 9.10. The smallest absolute Gasteiger partial charge is 0.342 e. The van der Waals surface area contributed by atoms with Crippen LogP contribution in [-0.4, -0.2) is 32.8 Å². The zero-order valence-corrected chi connectivity index (χ0v) is 10.1. The van der Waals surface area contributed by atoms with Gasteiger partial charge in [-0.1, -0.05) is 0 Å². The lowest BCUT2D eigenvalue weighted by molar-refractivity contribution is 0.0691. The minimum absolute atomic E-state index is 0.0231. The standard InChI is InChI=1S/C9H8BrN3O3/c1-4-6(10)7-11-3-5(9(14)15)8(16-2)13(7)12-4/h3H,1-2H3,(H,14,15). The van der Waals surface area contributed by atoms with E-state index in [1.165, 1.54) is 17.8 Å². The largest absolute Gasteiger partial charge is 0.480 e. The fourth-order valence-electron chi connectivity index (χ4n) is 1.39. The van der Waals surface area contributed by atoms with Crippen LogP contribution in [0.4, 0.5) is 0 Å². The minimum atomic E-state index is -1.10. The van der Waals surface area contributed by atoms with Crippen molar-refractivity contribution in [2.45, 2.75) is 6.92 Å². The number of hydrogen-bond donors (Lipinski definition) is 1. The maximum Gasteiger partial charge on any atom is 0.342 e. The van der Waals surface area contributed by atoms with Crippen molar-refractivity contribution in [1.82, 2.24) is 14.6 Å². The van der Waals surface area contributed by atoms with Gasteiger partial charge in [-0.2, -0.15) is 9.61 Å². The molecule has 84 valence electrons. The van der Waals surface area contributed by atoms with Crippen LogP contribution in [0, 0.1) is 6.92 Å².